The minimum Gasteiger partial charge on any atom is -0.483 e. The molecule has 1 aliphatic carbocycles. The van der Waals surface area contributed by atoms with E-state index in [1.807, 2.05) is 0 Å². The van der Waals surface area contributed by atoms with Gasteiger partial charge in [-0.3, -0.25) is 4.79 Å². The lowest BCUT2D eigenvalue weighted by Gasteiger charge is -2.21. The zero-order chi connectivity index (χ0) is 10.7. The smallest absolute Gasteiger partial charge is 0.173 e. The molecule has 1 unspecified atom stereocenters. The summed E-state index contributed by atoms with van der Waals surface area (Å²) in [5, 5.41) is 0.670. The number of hydrogen-bond donors (Lipinski definition) is 0. The van der Waals surface area contributed by atoms with Crippen LogP contribution in [-0.4, -0.2) is 11.9 Å². The van der Waals surface area contributed by atoms with Gasteiger partial charge in [-0.1, -0.05) is 11.6 Å². The predicted octanol–water partition coefficient (Wildman–Crippen LogP) is 3.04. The van der Waals surface area contributed by atoms with Gasteiger partial charge in [-0.05, 0) is 43.5 Å². The fourth-order valence-corrected chi connectivity index (χ4v) is 1.72. The molecule has 1 fully saturated rings. The average Bonchev–Trinajstić information content (AvgIpc) is 2.25. The first kappa shape index (κ1) is 10.5. The topological polar surface area (TPSA) is 26.3 Å². The van der Waals surface area contributed by atoms with Crippen LogP contribution in [0, 0.1) is 6.42 Å². The van der Waals surface area contributed by atoms with Crippen molar-refractivity contribution in [1.82, 2.24) is 0 Å². The van der Waals surface area contributed by atoms with Crippen LogP contribution < -0.4 is 4.74 Å². The van der Waals surface area contributed by atoms with E-state index in [9.17, 15) is 4.79 Å². The Labute approximate surface area is 94.2 Å². The highest BCUT2D eigenvalue weighted by molar-refractivity contribution is 6.30. The molecule has 0 aromatic heterocycles. The van der Waals surface area contributed by atoms with E-state index >= 15 is 0 Å². The molecule has 0 heterocycles. The van der Waals surface area contributed by atoms with Gasteiger partial charge in [0.25, 0.3) is 0 Å². The zero-order valence-electron chi connectivity index (χ0n) is 8.28. The maximum Gasteiger partial charge on any atom is 0.173 e. The molecule has 1 aromatic rings. The van der Waals surface area contributed by atoms with Gasteiger partial charge < -0.3 is 4.74 Å². The Bertz CT molecular complexity index is 345. The van der Waals surface area contributed by atoms with E-state index in [0.29, 0.717) is 23.6 Å². The molecule has 0 aliphatic heterocycles. The minimum absolute atomic E-state index is 0.187. The first-order valence-electron chi connectivity index (χ1n) is 5.02. The van der Waals surface area contributed by atoms with E-state index in [0.717, 1.165) is 6.42 Å². The second-order valence-corrected chi connectivity index (χ2v) is 4.03. The molecular weight excluding hydrogens is 212 g/mol. The van der Waals surface area contributed by atoms with Gasteiger partial charge in [0.15, 0.2) is 11.9 Å². The highest BCUT2D eigenvalue weighted by Crippen LogP contribution is 2.21. The van der Waals surface area contributed by atoms with Crippen LogP contribution in [0.4, 0.5) is 0 Å². The second kappa shape index (κ2) is 4.67. The lowest BCUT2D eigenvalue weighted by atomic mass is 9.96. The lowest BCUT2D eigenvalue weighted by Crippen LogP contribution is -2.30. The van der Waals surface area contributed by atoms with Crippen LogP contribution in [0.3, 0.4) is 0 Å². The first-order valence-corrected chi connectivity index (χ1v) is 5.40. The number of halogens is 1. The molecule has 1 radical (unpaired) electrons. The van der Waals surface area contributed by atoms with E-state index in [1.54, 1.807) is 24.3 Å². The summed E-state index contributed by atoms with van der Waals surface area (Å²) in [6.45, 7) is 0. The summed E-state index contributed by atoms with van der Waals surface area (Å²) in [5.41, 5.74) is 0. The molecule has 0 bridgehead atoms. The Hall–Kier alpha value is -1.02. The van der Waals surface area contributed by atoms with Gasteiger partial charge in [-0.15, -0.1) is 0 Å². The second-order valence-electron chi connectivity index (χ2n) is 3.59. The van der Waals surface area contributed by atoms with E-state index < -0.39 is 0 Å². The van der Waals surface area contributed by atoms with E-state index in [1.165, 1.54) is 0 Å². The number of hydrogen-bond acceptors (Lipinski definition) is 2. The van der Waals surface area contributed by atoms with Crippen molar-refractivity contribution in [3.8, 4) is 5.75 Å². The number of carbonyl (C=O) groups excluding carboxylic acids is 1. The largest absolute Gasteiger partial charge is 0.483 e. The number of benzene rings is 1. The van der Waals surface area contributed by atoms with Crippen LogP contribution >= 0.6 is 11.6 Å². The van der Waals surface area contributed by atoms with Crippen LogP contribution in [0.2, 0.25) is 5.02 Å². The minimum atomic E-state index is -0.306. The van der Waals surface area contributed by atoms with Crippen molar-refractivity contribution in [2.45, 2.75) is 25.4 Å². The van der Waals surface area contributed by atoms with Gasteiger partial charge in [0.05, 0.1) is 0 Å². The number of ether oxygens (including phenoxy) is 1. The van der Waals surface area contributed by atoms with Crippen molar-refractivity contribution >= 4 is 17.4 Å². The Balaban J connectivity index is 2.01. The Morgan fingerprint density at radius 2 is 2.00 bits per heavy atom. The summed E-state index contributed by atoms with van der Waals surface area (Å²) in [4.78, 5) is 11.5. The molecule has 0 N–H and O–H groups in total. The monoisotopic (exact) mass is 223 g/mol. The van der Waals surface area contributed by atoms with Crippen LogP contribution in [-0.2, 0) is 4.79 Å². The van der Waals surface area contributed by atoms with Crippen molar-refractivity contribution in [3.05, 3.63) is 35.7 Å². The molecule has 79 valence electrons. The van der Waals surface area contributed by atoms with Crippen LogP contribution in [0.15, 0.2) is 24.3 Å². The van der Waals surface area contributed by atoms with Crippen molar-refractivity contribution in [3.63, 3.8) is 0 Å². The SMILES string of the molecule is O=C1CC[CH]CC1Oc1ccc(Cl)cc1. The highest BCUT2D eigenvalue weighted by atomic mass is 35.5. The highest BCUT2D eigenvalue weighted by Gasteiger charge is 2.23. The van der Waals surface area contributed by atoms with Gasteiger partial charge in [0, 0.05) is 11.4 Å². The molecule has 2 nitrogen and oxygen atoms in total. The normalized spacial score (nSPS) is 21.4. The number of carbonyl (C=O) groups is 1. The van der Waals surface area contributed by atoms with Crippen molar-refractivity contribution in [2.24, 2.45) is 0 Å². The predicted molar refractivity (Wildman–Crippen MR) is 59.0 cm³/mol. The third-order valence-corrected chi connectivity index (χ3v) is 2.68. The summed E-state index contributed by atoms with van der Waals surface area (Å²) in [7, 11) is 0. The standard InChI is InChI=1S/C12H12ClO2/c13-9-5-7-10(8-6-9)15-12-4-2-1-3-11(12)14/h2,5-8,12H,1,3-4H2. The average molecular weight is 224 g/mol. The summed E-state index contributed by atoms with van der Waals surface area (Å²) in [5.74, 6) is 0.889. The summed E-state index contributed by atoms with van der Waals surface area (Å²) >= 11 is 5.75. The van der Waals surface area contributed by atoms with Gasteiger partial charge in [0.1, 0.15) is 5.75 Å². The maximum absolute atomic E-state index is 11.5. The van der Waals surface area contributed by atoms with E-state index in [2.05, 4.69) is 6.42 Å². The summed E-state index contributed by atoms with van der Waals surface area (Å²) in [6, 6.07) is 7.08. The maximum atomic E-state index is 11.5. The molecule has 1 saturated carbocycles. The van der Waals surface area contributed by atoms with Gasteiger partial charge >= 0.3 is 0 Å². The Morgan fingerprint density at radius 3 is 2.67 bits per heavy atom. The third kappa shape index (κ3) is 2.72. The molecule has 3 heteroatoms. The van der Waals surface area contributed by atoms with Crippen LogP contribution in [0.1, 0.15) is 19.3 Å². The molecule has 1 aromatic carbocycles. The van der Waals surface area contributed by atoms with Gasteiger partial charge in [-0.25, -0.2) is 0 Å². The molecular formula is C12H12ClO2. The molecule has 1 atom stereocenters. The number of rotatable bonds is 2. The Morgan fingerprint density at radius 1 is 1.27 bits per heavy atom. The van der Waals surface area contributed by atoms with E-state index in [4.69, 9.17) is 16.3 Å². The fraction of sp³-hybridized carbons (Fsp3) is 0.333. The lowest BCUT2D eigenvalue weighted by molar-refractivity contribution is -0.126. The zero-order valence-corrected chi connectivity index (χ0v) is 9.04. The quantitative estimate of drug-likeness (QED) is 0.771. The number of ketones is 1. The Kier molecular flexibility index (Phi) is 3.27. The van der Waals surface area contributed by atoms with Crippen LogP contribution in [0.25, 0.3) is 0 Å². The van der Waals surface area contributed by atoms with Crippen molar-refractivity contribution in [1.29, 1.82) is 0 Å². The van der Waals surface area contributed by atoms with Crippen LogP contribution in [0.5, 0.6) is 5.75 Å². The molecule has 0 spiro atoms. The van der Waals surface area contributed by atoms with Crippen molar-refractivity contribution < 1.29 is 9.53 Å². The molecule has 2 rings (SSSR count). The van der Waals surface area contributed by atoms with Gasteiger partial charge in [0.2, 0.25) is 0 Å². The van der Waals surface area contributed by atoms with Gasteiger partial charge in [-0.2, -0.15) is 0 Å². The fourth-order valence-electron chi connectivity index (χ4n) is 1.60. The molecule has 1 aliphatic rings. The molecule has 0 amide bonds. The van der Waals surface area contributed by atoms with Crippen molar-refractivity contribution in [2.75, 3.05) is 0 Å². The number of Topliss-reactive ketones (excluding diaryl/α,β-unsaturated/α-hetero) is 1. The summed E-state index contributed by atoms with van der Waals surface area (Å²) in [6.07, 6.45) is 3.97. The van der Waals surface area contributed by atoms with E-state index in [-0.39, 0.29) is 11.9 Å². The first-order chi connectivity index (χ1) is 7.25. The summed E-state index contributed by atoms with van der Waals surface area (Å²) < 4.78 is 5.58. The third-order valence-electron chi connectivity index (χ3n) is 2.43. The molecule has 15 heavy (non-hydrogen) atoms. The molecule has 0 saturated heterocycles.